The summed E-state index contributed by atoms with van der Waals surface area (Å²) in [4.78, 5) is 16.3. The second-order valence-electron chi connectivity index (χ2n) is 5.08. The van der Waals surface area contributed by atoms with Crippen molar-refractivity contribution in [2.45, 2.75) is 13.0 Å². The molecule has 0 spiro atoms. The highest BCUT2D eigenvalue weighted by Gasteiger charge is 2.11. The van der Waals surface area contributed by atoms with Crippen LogP contribution in [-0.4, -0.2) is 11.0 Å². The van der Waals surface area contributed by atoms with Gasteiger partial charge in [0, 0.05) is 16.0 Å². The number of nitrogens with zero attached hydrogens (tertiary/aromatic N) is 1. The largest absolute Gasteiger partial charge is 0.459 e. The number of carbonyl (C=O) groups excluding carboxylic acids is 1. The molecule has 0 saturated carbocycles. The van der Waals surface area contributed by atoms with Crippen molar-refractivity contribution in [3.8, 4) is 10.6 Å². The van der Waals surface area contributed by atoms with Crippen LogP contribution in [0.1, 0.15) is 11.3 Å². The zero-order chi connectivity index (χ0) is 16.9. The molecule has 0 saturated heterocycles. The Balaban J connectivity index is 1.58. The summed E-state index contributed by atoms with van der Waals surface area (Å²) < 4.78 is 18.7. The summed E-state index contributed by atoms with van der Waals surface area (Å²) in [6.07, 6.45) is -0.0964. The Kier molecular flexibility index (Phi) is 5.23. The van der Waals surface area contributed by atoms with Gasteiger partial charge in [0.2, 0.25) is 0 Å². The van der Waals surface area contributed by atoms with Gasteiger partial charge in [-0.2, -0.15) is 0 Å². The van der Waals surface area contributed by atoms with E-state index in [2.05, 4.69) is 4.98 Å². The molecule has 0 atom stereocenters. The number of ether oxygens (including phenoxy) is 1. The molecule has 0 fully saturated rings. The summed E-state index contributed by atoms with van der Waals surface area (Å²) >= 11 is 7.33. The van der Waals surface area contributed by atoms with Crippen LogP contribution in [0.2, 0.25) is 5.02 Å². The Morgan fingerprint density at radius 3 is 2.67 bits per heavy atom. The van der Waals surface area contributed by atoms with Crippen molar-refractivity contribution in [1.82, 2.24) is 4.98 Å². The summed E-state index contributed by atoms with van der Waals surface area (Å²) in [6.45, 7) is 0.0668. The lowest BCUT2D eigenvalue weighted by molar-refractivity contribution is -0.144. The van der Waals surface area contributed by atoms with Crippen LogP contribution in [0.4, 0.5) is 4.39 Å². The van der Waals surface area contributed by atoms with Gasteiger partial charge in [0.15, 0.2) is 0 Å². The molecule has 0 aliphatic heterocycles. The van der Waals surface area contributed by atoms with Crippen LogP contribution in [0.15, 0.2) is 53.9 Å². The zero-order valence-electron chi connectivity index (χ0n) is 12.5. The number of thiazole rings is 1. The monoisotopic (exact) mass is 361 g/mol. The highest BCUT2D eigenvalue weighted by molar-refractivity contribution is 7.13. The van der Waals surface area contributed by atoms with E-state index in [1.165, 1.54) is 17.4 Å². The quantitative estimate of drug-likeness (QED) is 0.607. The molecule has 122 valence electrons. The van der Waals surface area contributed by atoms with Crippen LogP contribution in [0, 0.1) is 5.82 Å². The molecular formula is C18H13ClFNO2S. The lowest BCUT2D eigenvalue weighted by Gasteiger charge is -2.04. The topological polar surface area (TPSA) is 39.2 Å². The Labute approximate surface area is 147 Å². The van der Waals surface area contributed by atoms with Crippen molar-refractivity contribution in [2.24, 2.45) is 0 Å². The van der Waals surface area contributed by atoms with Gasteiger partial charge in [-0.25, -0.2) is 9.37 Å². The first-order chi connectivity index (χ1) is 11.6. The molecule has 0 bridgehead atoms. The van der Waals surface area contributed by atoms with E-state index >= 15 is 0 Å². The Morgan fingerprint density at radius 1 is 1.17 bits per heavy atom. The molecule has 0 unspecified atom stereocenters. The molecule has 2 aromatic carbocycles. The third-order valence-corrected chi connectivity index (χ3v) is 4.51. The fourth-order valence-electron chi connectivity index (χ4n) is 2.10. The van der Waals surface area contributed by atoms with Gasteiger partial charge >= 0.3 is 5.97 Å². The van der Waals surface area contributed by atoms with Crippen molar-refractivity contribution in [3.63, 3.8) is 0 Å². The molecule has 3 nitrogen and oxygen atoms in total. The van der Waals surface area contributed by atoms with E-state index in [1.54, 1.807) is 30.3 Å². The van der Waals surface area contributed by atoms with E-state index in [-0.39, 0.29) is 13.0 Å². The third kappa shape index (κ3) is 4.19. The maximum atomic E-state index is 13.5. The van der Waals surface area contributed by atoms with Gasteiger partial charge in [-0.15, -0.1) is 11.3 Å². The van der Waals surface area contributed by atoms with E-state index < -0.39 is 11.8 Å². The average Bonchev–Trinajstić information content (AvgIpc) is 3.05. The van der Waals surface area contributed by atoms with E-state index in [0.717, 1.165) is 10.6 Å². The molecule has 0 amide bonds. The summed E-state index contributed by atoms with van der Waals surface area (Å²) in [5, 5.41) is 3.32. The smallest absolute Gasteiger partial charge is 0.310 e. The maximum Gasteiger partial charge on any atom is 0.310 e. The molecular weight excluding hydrogens is 349 g/mol. The maximum absolute atomic E-state index is 13.5. The number of esters is 1. The summed E-state index contributed by atoms with van der Waals surface area (Å²) in [6, 6.07) is 13.5. The minimum absolute atomic E-state index is 0.0668. The summed E-state index contributed by atoms with van der Waals surface area (Å²) in [5.74, 6) is -0.894. The predicted octanol–water partition coefficient (Wildman–Crippen LogP) is 4.89. The lowest BCUT2D eigenvalue weighted by atomic mass is 10.1. The average molecular weight is 362 g/mol. The zero-order valence-corrected chi connectivity index (χ0v) is 14.1. The molecule has 6 heteroatoms. The number of aromatic nitrogens is 1. The molecule has 1 aromatic heterocycles. The van der Waals surface area contributed by atoms with Gasteiger partial charge in [0.05, 0.1) is 12.1 Å². The molecule has 0 radical (unpaired) electrons. The fraction of sp³-hybridized carbons (Fsp3) is 0.111. The normalized spacial score (nSPS) is 10.6. The van der Waals surface area contributed by atoms with Gasteiger partial charge in [-0.1, -0.05) is 41.9 Å². The Morgan fingerprint density at radius 2 is 1.92 bits per heavy atom. The number of benzene rings is 2. The Bertz CT molecular complexity index is 848. The highest BCUT2D eigenvalue weighted by atomic mass is 35.5. The van der Waals surface area contributed by atoms with E-state index in [0.29, 0.717) is 16.3 Å². The molecule has 3 rings (SSSR count). The number of rotatable bonds is 5. The van der Waals surface area contributed by atoms with Gasteiger partial charge in [0.1, 0.15) is 17.4 Å². The first kappa shape index (κ1) is 16.6. The van der Waals surface area contributed by atoms with Crippen LogP contribution in [0.25, 0.3) is 10.6 Å². The molecule has 24 heavy (non-hydrogen) atoms. The number of hydrogen-bond donors (Lipinski definition) is 0. The number of halogens is 2. The second-order valence-corrected chi connectivity index (χ2v) is 6.37. The van der Waals surface area contributed by atoms with Crippen LogP contribution in [0.5, 0.6) is 0 Å². The van der Waals surface area contributed by atoms with Gasteiger partial charge in [0.25, 0.3) is 0 Å². The van der Waals surface area contributed by atoms with Gasteiger partial charge in [-0.05, 0) is 23.8 Å². The third-order valence-electron chi connectivity index (χ3n) is 3.32. The van der Waals surface area contributed by atoms with Crippen LogP contribution < -0.4 is 0 Å². The predicted molar refractivity (Wildman–Crippen MR) is 92.5 cm³/mol. The fourth-order valence-corrected chi connectivity index (χ4v) is 3.04. The molecule has 0 aliphatic carbocycles. The summed E-state index contributed by atoms with van der Waals surface area (Å²) in [5.41, 5.74) is 1.93. The van der Waals surface area contributed by atoms with Crippen molar-refractivity contribution >= 4 is 28.9 Å². The molecule has 0 aliphatic rings. The highest BCUT2D eigenvalue weighted by Crippen LogP contribution is 2.25. The van der Waals surface area contributed by atoms with E-state index in [1.807, 2.05) is 17.5 Å². The molecule has 0 N–H and O–H groups in total. The van der Waals surface area contributed by atoms with Crippen LogP contribution in [0.3, 0.4) is 0 Å². The van der Waals surface area contributed by atoms with E-state index in [4.69, 9.17) is 16.3 Å². The first-order valence-electron chi connectivity index (χ1n) is 7.21. The molecule has 3 aromatic rings. The SMILES string of the molecule is O=C(Cc1ccccc1F)OCc1csc(-c2ccc(Cl)cc2)n1. The van der Waals surface area contributed by atoms with Gasteiger partial charge in [-0.3, -0.25) is 4.79 Å². The lowest BCUT2D eigenvalue weighted by Crippen LogP contribution is -2.09. The van der Waals surface area contributed by atoms with Crippen molar-refractivity contribution < 1.29 is 13.9 Å². The summed E-state index contributed by atoms with van der Waals surface area (Å²) in [7, 11) is 0. The van der Waals surface area contributed by atoms with Gasteiger partial charge < -0.3 is 4.74 Å². The van der Waals surface area contributed by atoms with Crippen molar-refractivity contribution in [3.05, 3.63) is 76.0 Å². The van der Waals surface area contributed by atoms with Crippen molar-refractivity contribution in [1.29, 1.82) is 0 Å². The minimum Gasteiger partial charge on any atom is -0.459 e. The Hall–Kier alpha value is -2.24. The van der Waals surface area contributed by atoms with Crippen LogP contribution >= 0.6 is 22.9 Å². The molecule has 1 heterocycles. The standard InChI is InChI=1S/C18H13ClFNO2S/c19-14-7-5-12(6-8-14)18-21-15(11-24-18)10-23-17(22)9-13-3-1-2-4-16(13)20/h1-8,11H,9-10H2. The number of carbonyl (C=O) groups is 1. The second kappa shape index (κ2) is 7.55. The van der Waals surface area contributed by atoms with Crippen molar-refractivity contribution in [2.75, 3.05) is 0 Å². The van der Waals surface area contributed by atoms with E-state index in [9.17, 15) is 9.18 Å². The minimum atomic E-state index is -0.485. The first-order valence-corrected chi connectivity index (χ1v) is 8.47. The number of hydrogen-bond acceptors (Lipinski definition) is 4. The van der Waals surface area contributed by atoms with Crippen LogP contribution in [-0.2, 0) is 22.6 Å².